The third kappa shape index (κ3) is 6.07. The van der Waals surface area contributed by atoms with E-state index in [9.17, 15) is 18.0 Å². The highest BCUT2D eigenvalue weighted by Crippen LogP contribution is 2.35. The molecule has 0 aliphatic rings. The van der Waals surface area contributed by atoms with Crippen LogP contribution >= 0.6 is 11.6 Å². The van der Waals surface area contributed by atoms with Gasteiger partial charge in [0.15, 0.2) is 0 Å². The number of halogens is 4. The van der Waals surface area contributed by atoms with E-state index in [1.807, 2.05) is 6.92 Å². The summed E-state index contributed by atoms with van der Waals surface area (Å²) in [5, 5.41) is 11.0. The molecule has 22 heavy (non-hydrogen) atoms. The highest BCUT2D eigenvalue weighted by Gasteiger charge is 2.33. The number of hydrogen-bond donors (Lipinski definition) is 2. The topological polar surface area (TPSA) is 49.3 Å². The summed E-state index contributed by atoms with van der Waals surface area (Å²) in [6.07, 6.45) is -1.52. The molecule has 7 heteroatoms. The van der Waals surface area contributed by atoms with Gasteiger partial charge in [0.05, 0.1) is 10.6 Å². The van der Waals surface area contributed by atoms with Gasteiger partial charge in [0.2, 0.25) is 5.91 Å². The van der Waals surface area contributed by atoms with Gasteiger partial charge >= 0.3 is 6.18 Å². The average molecular weight is 336 g/mol. The summed E-state index contributed by atoms with van der Waals surface area (Å²) in [6.45, 7) is 2.30. The first-order valence-electron chi connectivity index (χ1n) is 6.67. The summed E-state index contributed by atoms with van der Waals surface area (Å²) >= 11 is 5.51. The van der Waals surface area contributed by atoms with Crippen LogP contribution < -0.4 is 5.32 Å². The zero-order chi connectivity index (χ0) is 16.8. The van der Waals surface area contributed by atoms with E-state index in [4.69, 9.17) is 16.7 Å². The molecule has 0 fully saturated rings. The first kappa shape index (κ1) is 18.5. The number of hydrogen-bond acceptors (Lipinski definition) is 2. The third-order valence-corrected chi connectivity index (χ3v) is 3.30. The van der Waals surface area contributed by atoms with Crippen LogP contribution in [0.25, 0.3) is 6.08 Å². The molecule has 3 nitrogen and oxygen atoms in total. The summed E-state index contributed by atoms with van der Waals surface area (Å²) < 4.78 is 38.1. The Kier molecular flexibility index (Phi) is 6.90. The molecule has 0 saturated heterocycles. The van der Waals surface area contributed by atoms with Crippen LogP contribution in [0, 0.1) is 5.92 Å². The van der Waals surface area contributed by atoms with Crippen LogP contribution in [0.3, 0.4) is 0 Å². The van der Waals surface area contributed by atoms with Gasteiger partial charge in [0.1, 0.15) is 0 Å². The molecule has 122 valence electrons. The summed E-state index contributed by atoms with van der Waals surface area (Å²) in [5.74, 6) is -0.289. The Hall–Kier alpha value is -1.53. The highest BCUT2D eigenvalue weighted by molar-refractivity contribution is 6.31. The molecule has 0 aliphatic carbocycles. The number of aliphatic hydroxyl groups excluding tert-OH is 1. The fraction of sp³-hybridized carbons (Fsp3) is 0.400. The van der Waals surface area contributed by atoms with E-state index >= 15 is 0 Å². The number of aliphatic hydroxyl groups is 1. The zero-order valence-corrected chi connectivity index (χ0v) is 12.7. The first-order chi connectivity index (χ1) is 10.2. The number of nitrogens with one attached hydrogen (secondary N) is 1. The molecular weight excluding hydrogens is 319 g/mol. The molecule has 0 heterocycles. The lowest BCUT2D eigenvalue weighted by atomic mass is 10.1. The SMILES string of the molecule is CC(CCO)CNC(=O)/C=C/c1ccc(Cl)c(C(F)(F)F)c1. The quantitative estimate of drug-likeness (QED) is 0.782. The van der Waals surface area contributed by atoms with Crippen molar-refractivity contribution in [1.82, 2.24) is 5.32 Å². The van der Waals surface area contributed by atoms with Crippen LogP contribution in [0.4, 0.5) is 13.2 Å². The van der Waals surface area contributed by atoms with Crippen molar-refractivity contribution in [3.8, 4) is 0 Å². The molecule has 0 bridgehead atoms. The average Bonchev–Trinajstić information content (AvgIpc) is 2.43. The standard InChI is InChI=1S/C15H17ClF3NO2/c1-10(6-7-21)9-20-14(22)5-3-11-2-4-13(16)12(8-11)15(17,18)19/h2-5,8,10,21H,6-7,9H2,1H3,(H,20,22)/b5-3+. The zero-order valence-electron chi connectivity index (χ0n) is 12.0. The maximum Gasteiger partial charge on any atom is 0.417 e. The number of alkyl halides is 3. The maximum absolute atomic E-state index is 12.7. The van der Waals surface area contributed by atoms with Gasteiger partial charge in [-0.25, -0.2) is 0 Å². The normalized spacial score (nSPS) is 13.4. The van der Waals surface area contributed by atoms with Crippen molar-refractivity contribution in [3.05, 3.63) is 40.4 Å². The lowest BCUT2D eigenvalue weighted by Crippen LogP contribution is -2.26. The number of carbonyl (C=O) groups is 1. The van der Waals surface area contributed by atoms with Crippen molar-refractivity contribution >= 4 is 23.6 Å². The van der Waals surface area contributed by atoms with Crippen molar-refractivity contribution in [2.45, 2.75) is 19.5 Å². The van der Waals surface area contributed by atoms with E-state index in [1.165, 1.54) is 12.1 Å². The van der Waals surface area contributed by atoms with Gasteiger partial charge < -0.3 is 10.4 Å². The number of amides is 1. The van der Waals surface area contributed by atoms with E-state index < -0.39 is 17.6 Å². The van der Waals surface area contributed by atoms with E-state index in [1.54, 1.807) is 0 Å². The van der Waals surface area contributed by atoms with E-state index in [2.05, 4.69) is 5.32 Å². The first-order valence-corrected chi connectivity index (χ1v) is 7.05. The van der Waals surface area contributed by atoms with Gasteiger partial charge in [-0.1, -0.05) is 24.6 Å². The molecule has 0 aromatic heterocycles. The third-order valence-electron chi connectivity index (χ3n) is 2.97. The summed E-state index contributed by atoms with van der Waals surface area (Å²) in [5.41, 5.74) is -0.705. The Morgan fingerprint density at radius 3 is 2.73 bits per heavy atom. The number of benzene rings is 1. The largest absolute Gasteiger partial charge is 0.417 e. The number of rotatable bonds is 6. The van der Waals surface area contributed by atoms with Crippen LogP contribution in [-0.2, 0) is 11.0 Å². The summed E-state index contributed by atoms with van der Waals surface area (Å²) in [4.78, 5) is 11.6. The molecule has 1 unspecified atom stereocenters. The van der Waals surface area contributed by atoms with Crippen LogP contribution in [-0.4, -0.2) is 24.2 Å². The van der Waals surface area contributed by atoms with Gasteiger partial charge in [0, 0.05) is 19.2 Å². The minimum atomic E-state index is -4.54. The van der Waals surface area contributed by atoms with Crippen molar-refractivity contribution < 1.29 is 23.1 Å². The van der Waals surface area contributed by atoms with E-state index in [0.29, 0.717) is 13.0 Å². The van der Waals surface area contributed by atoms with Crippen LogP contribution in [0.5, 0.6) is 0 Å². The minimum Gasteiger partial charge on any atom is -0.396 e. The lowest BCUT2D eigenvalue weighted by molar-refractivity contribution is -0.137. The molecule has 0 aliphatic heterocycles. The molecular formula is C15H17ClF3NO2. The lowest BCUT2D eigenvalue weighted by Gasteiger charge is -2.10. The van der Waals surface area contributed by atoms with Crippen molar-refractivity contribution in [3.63, 3.8) is 0 Å². The predicted molar refractivity (Wildman–Crippen MR) is 79.4 cm³/mol. The van der Waals surface area contributed by atoms with Crippen molar-refractivity contribution in [2.75, 3.05) is 13.2 Å². The Morgan fingerprint density at radius 1 is 1.45 bits per heavy atom. The number of carbonyl (C=O) groups excluding carboxylic acids is 1. The van der Waals surface area contributed by atoms with E-state index in [0.717, 1.165) is 18.2 Å². The van der Waals surface area contributed by atoms with Gasteiger partial charge in [-0.05, 0) is 36.1 Å². The molecule has 1 rings (SSSR count). The predicted octanol–water partition coefficient (Wildman–Crippen LogP) is 3.51. The summed E-state index contributed by atoms with van der Waals surface area (Å²) in [6, 6.07) is 3.43. The molecule has 1 aromatic rings. The fourth-order valence-electron chi connectivity index (χ4n) is 1.69. The Balaban J connectivity index is 2.68. The fourth-order valence-corrected chi connectivity index (χ4v) is 1.92. The van der Waals surface area contributed by atoms with Crippen LogP contribution in [0.2, 0.25) is 5.02 Å². The molecule has 1 aromatic carbocycles. The van der Waals surface area contributed by atoms with Crippen molar-refractivity contribution in [2.24, 2.45) is 5.92 Å². The van der Waals surface area contributed by atoms with Crippen LogP contribution in [0.1, 0.15) is 24.5 Å². The molecule has 1 amide bonds. The second-order valence-corrected chi connectivity index (χ2v) is 5.34. The molecule has 0 saturated carbocycles. The van der Waals surface area contributed by atoms with Crippen molar-refractivity contribution in [1.29, 1.82) is 0 Å². The Bertz CT molecular complexity index is 544. The Labute approximate surface area is 131 Å². The molecule has 1 atom stereocenters. The maximum atomic E-state index is 12.7. The van der Waals surface area contributed by atoms with E-state index in [-0.39, 0.29) is 23.1 Å². The molecule has 2 N–H and O–H groups in total. The van der Waals surface area contributed by atoms with Gasteiger partial charge in [-0.15, -0.1) is 0 Å². The minimum absolute atomic E-state index is 0.0396. The molecule has 0 spiro atoms. The second kappa shape index (κ2) is 8.19. The molecule has 0 radical (unpaired) electrons. The Morgan fingerprint density at radius 2 is 2.14 bits per heavy atom. The summed E-state index contributed by atoms with van der Waals surface area (Å²) in [7, 11) is 0. The smallest absolute Gasteiger partial charge is 0.396 e. The monoisotopic (exact) mass is 335 g/mol. The van der Waals surface area contributed by atoms with Gasteiger partial charge in [-0.3, -0.25) is 4.79 Å². The second-order valence-electron chi connectivity index (χ2n) is 4.93. The highest BCUT2D eigenvalue weighted by atomic mass is 35.5. The van der Waals surface area contributed by atoms with Crippen LogP contribution in [0.15, 0.2) is 24.3 Å². The van der Waals surface area contributed by atoms with Gasteiger partial charge in [-0.2, -0.15) is 13.2 Å². The van der Waals surface area contributed by atoms with Gasteiger partial charge in [0.25, 0.3) is 0 Å².